The fraction of sp³-hybridized carbons (Fsp3) is 0.115. The van der Waals surface area contributed by atoms with Crippen LogP contribution >= 0.6 is 46.6 Å². The lowest BCUT2D eigenvalue weighted by Crippen LogP contribution is -2.36. The fourth-order valence-electron chi connectivity index (χ4n) is 3.30. The van der Waals surface area contributed by atoms with Crippen LogP contribution in [0.3, 0.4) is 0 Å². The number of benzene rings is 3. The molecule has 0 aliphatic carbocycles. The number of hydrogen-bond donors (Lipinski definition) is 1. The summed E-state index contributed by atoms with van der Waals surface area (Å²) in [5, 5.41) is 3.68. The van der Waals surface area contributed by atoms with E-state index < -0.39 is 23.6 Å². The lowest BCUT2D eigenvalue weighted by atomic mass is 10.2. The molecule has 1 N–H and O–H groups in total. The Bertz CT molecular complexity index is 1390. The van der Waals surface area contributed by atoms with Crippen LogP contribution in [0.15, 0.2) is 65.6 Å². The molecule has 0 radical (unpaired) electrons. The lowest BCUT2D eigenvalue weighted by molar-refractivity contribution is -0.127. The number of halogens is 3. The van der Waals surface area contributed by atoms with E-state index in [1.54, 1.807) is 66.7 Å². The molecule has 10 heteroatoms. The van der Waals surface area contributed by atoms with Gasteiger partial charge in [-0.05, 0) is 72.3 Å². The van der Waals surface area contributed by atoms with Crippen LogP contribution in [-0.4, -0.2) is 28.5 Å². The average Bonchev–Trinajstić information content (AvgIpc) is 3.08. The van der Waals surface area contributed by atoms with Gasteiger partial charge in [0.2, 0.25) is 5.91 Å². The van der Waals surface area contributed by atoms with Gasteiger partial charge in [0.15, 0.2) is 0 Å². The van der Waals surface area contributed by atoms with Crippen molar-refractivity contribution in [1.82, 2.24) is 4.90 Å². The Kier molecular flexibility index (Phi) is 8.26. The van der Waals surface area contributed by atoms with Crippen molar-refractivity contribution in [2.75, 3.05) is 11.9 Å². The molecular formula is C26H19Cl3N2O4S. The Hall–Kier alpha value is -2.97. The molecule has 1 fully saturated rings. The first kappa shape index (κ1) is 26.1. The molecule has 0 unspecified atom stereocenters. The first-order valence-corrected chi connectivity index (χ1v) is 12.6. The van der Waals surface area contributed by atoms with E-state index in [1.165, 1.54) is 0 Å². The highest BCUT2D eigenvalue weighted by Crippen LogP contribution is 2.33. The van der Waals surface area contributed by atoms with Gasteiger partial charge >= 0.3 is 0 Å². The monoisotopic (exact) mass is 560 g/mol. The number of anilines is 1. The third kappa shape index (κ3) is 6.42. The lowest BCUT2D eigenvalue weighted by Gasteiger charge is -2.13. The van der Waals surface area contributed by atoms with Crippen LogP contribution < -0.4 is 10.1 Å². The number of carbonyl (C=O) groups excluding carboxylic acids is 3. The van der Waals surface area contributed by atoms with Crippen molar-refractivity contribution in [2.24, 2.45) is 0 Å². The third-order valence-corrected chi connectivity index (χ3v) is 7.10. The molecule has 0 bridgehead atoms. The van der Waals surface area contributed by atoms with Gasteiger partial charge in [-0.2, -0.15) is 0 Å². The van der Waals surface area contributed by atoms with Crippen LogP contribution in [0, 0.1) is 6.92 Å². The number of rotatable bonds is 7. The number of carbonyl (C=O) groups is 3. The maximum absolute atomic E-state index is 12.8. The van der Waals surface area contributed by atoms with Crippen LogP contribution in [0.4, 0.5) is 10.5 Å². The molecule has 184 valence electrons. The number of hydrogen-bond acceptors (Lipinski definition) is 5. The third-order valence-electron chi connectivity index (χ3n) is 5.20. The van der Waals surface area contributed by atoms with Crippen molar-refractivity contribution >= 4 is 75.4 Å². The van der Waals surface area contributed by atoms with Gasteiger partial charge in [0, 0.05) is 26.3 Å². The zero-order chi connectivity index (χ0) is 25.8. The summed E-state index contributed by atoms with van der Waals surface area (Å²) in [5.41, 5.74) is 2.79. The second-order valence-electron chi connectivity index (χ2n) is 7.88. The summed E-state index contributed by atoms with van der Waals surface area (Å²) in [7, 11) is 0. The van der Waals surface area contributed by atoms with Crippen LogP contribution in [0.1, 0.15) is 16.7 Å². The Labute approximate surface area is 227 Å². The van der Waals surface area contributed by atoms with Crippen molar-refractivity contribution in [1.29, 1.82) is 0 Å². The average molecular weight is 562 g/mol. The second kappa shape index (κ2) is 11.4. The van der Waals surface area contributed by atoms with E-state index in [-0.39, 0.29) is 11.5 Å². The van der Waals surface area contributed by atoms with Gasteiger partial charge in [-0.25, -0.2) is 0 Å². The predicted octanol–water partition coefficient (Wildman–Crippen LogP) is 7.21. The summed E-state index contributed by atoms with van der Waals surface area (Å²) in [6.07, 6.45) is 1.59. The minimum atomic E-state index is -0.540. The standard InChI is InChI=1S/C26H19Cl3N2O4S/c1-15-5-8-19(12-21(15)28)30-24(32)13-31-25(33)23(36-26(31)34)10-16-3-2-4-20(9-16)35-14-17-6-7-18(27)11-22(17)29/h2-12H,13-14H2,1H3,(H,30,32)/b23-10+. The number of imide groups is 1. The summed E-state index contributed by atoms with van der Waals surface area (Å²) in [5.74, 6) is -0.485. The van der Waals surface area contributed by atoms with E-state index in [4.69, 9.17) is 39.5 Å². The van der Waals surface area contributed by atoms with E-state index in [9.17, 15) is 14.4 Å². The van der Waals surface area contributed by atoms with Gasteiger partial charge in [-0.1, -0.05) is 59.1 Å². The highest BCUT2D eigenvalue weighted by molar-refractivity contribution is 8.18. The topological polar surface area (TPSA) is 75.7 Å². The van der Waals surface area contributed by atoms with Crippen LogP contribution in [-0.2, 0) is 16.2 Å². The Balaban J connectivity index is 1.40. The zero-order valence-electron chi connectivity index (χ0n) is 18.9. The minimum Gasteiger partial charge on any atom is -0.489 e. The SMILES string of the molecule is Cc1ccc(NC(=O)CN2C(=O)S/C(=C/c3cccc(OCc4ccc(Cl)cc4Cl)c3)C2=O)cc1Cl. The van der Waals surface area contributed by atoms with E-state index in [0.717, 1.165) is 27.8 Å². The maximum Gasteiger partial charge on any atom is 0.294 e. The molecule has 36 heavy (non-hydrogen) atoms. The van der Waals surface area contributed by atoms with Crippen molar-refractivity contribution in [3.63, 3.8) is 0 Å². The van der Waals surface area contributed by atoms with Crippen molar-refractivity contribution in [2.45, 2.75) is 13.5 Å². The maximum atomic E-state index is 12.8. The minimum absolute atomic E-state index is 0.212. The quantitative estimate of drug-likeness (QED) is 0.309. The number of ether oxygens (including phenoxy) is 1. The molecule has 0 spiro atoms. The summed E-state index contributed by atoms with van der Waals surface area (Å²) in [6, 6.07) is 17.3. The largest absolute Gasteiger partial charge is 0.489 e. The molecule has 0 atom stereocenters. The van der Waals surface area contributed by atoms with Crippen LogP contribution in [0.5, 0.6) is 5.75 Å². The molecule has 3 aromatic carbocycles. The van der Waals surface area contributed by atoms with E-state index >= 15 is 0 Å². The van der Waals surface area contributed by atoms with Gasteiger partial charge in [0.25, 0.3) is 11.1 Å². The molecule has 1 aliphatic rings. The molecule has 0 saturated carbocycles. The molecule has 1 aliphatic heterocycles. The van der Waals surface area contributed by atoms with Gasteiger partial charge in [0.1, 0.15) is 18.9 Å². The molecular weight excluding hydrogens is 543 g/mol. The molecule has 0 aromatic heterocycles. The zero-order valence-corrected chi connectivity index (χ0v) is 22.0. The molecule has 1 saturated heterocycles. The van der Waals surface area contributed by atoms with Gasteiger partial charge in [-0.15, -0.1) is 0 Å². The molecule has 6 nitrogen and oxygen atoms in total. The molecule has 1 heterocycles. The van der Waals surface area contributed by atoms with E-state index in [1.807, 2.05) is 6.92 Å². The summed E-state index contributed by atoms with van der Waals surface area (Å²) < 4.78 is 5.82. The Morgan fingerprint density at radius 2 is 1.83 bits per heavy atom. The first-order valence-electron chi connectivity index (χ1n) is 10.7. The molecule has 4 rings (SSSR count). The summed E-state index contributed by atoms with van der Waals surface area (Å²) in [6.45, 7) is 1.67. The van der Waals surface area contributed by atoms with Gasteiger partial charge in [-0.3, -0.25) is 19.3 Å². The van der Waals surface area contributed by atoms with E-state index in [0.29, 0.717) is 32.1 Å². The number of nitrogens with one attached hydrogen (secondary N) is 1. The highest BCUT2D eigenvalue weighted by atomic mass is 35.5. The van der Waals surface area contributed by atoms with Crippen molar-refractivity contribution < 1.29 is 19.1 Å². The molecule has 3 aromatic rings. The summed E-state index contributed by atoms with van der Waals surface area (Å²) >= 11 is 19.0. The van der Waals surface area contributed by atoms with Crippen LogP contribution in [0.25, 0.3) is 6.08 Å². The van der Waals surface area contributed by atoms with Crippen LogP contribution in [0.2, 0.25) is 15.1 Å². The second-order valence-corrected chi connectivity index (χ2v) is 10.1. The Morgan fingerprint density at radius 1 is 1.03 bits per heavy atom. The fourth-order valence-corrected chi connectivity index (χ4v) is 4.78. The highest BCUT2D eigenvalue weighted by Gasteiger charge is 2.36. The van der Waals surface area contributed by atoms with Crippen molar-refractivity contribution in [3.05, 3.63) is 97.3 Å². The smallest absolute Gasteiger partial charge is 0.294 e. The van der Waals surface area contributed by atoms with Crippen molar-refractivity contribution in [3.8, 4) is 5.75 Å². The molecule has 3 amide bonds. The number of amides is 3. The number of nitrogens with zero attached hydrogens (tertiary/aromatic N) is 1. The summed E-state index contributed by atoms with van der Waals surface area (Å²) in [4.78, 5) is 38.8. The van der Waals surface area contributed by atoms with E-state index in [2.05, 4.69) is 5.32 Å². The number of thioether (sulfide) groups is 1. The first-order chi connectivity index (χ1) is 17.2. The predicted molar refractivity (Wildman–Crippen MR) is 145 cm³/mol. The normalized spacial score (nSPS) is 14.4. The van der Waals surface area contributed by atoms with Gasteiger partial charge in [0.05, 0.1) is 4.91 Å². The Morgan fingerprint density at radius 3 is 2.58 bits per heavy atom. The van der Waals surface area contributed by atoms with Gasteiger partial charge < -0.3 is 10.1 Å². The number of aryl methyl sites for hydroxylation is 1.